The quantitative estimate of drug-likeness (QED) is 0.842. The Balaban J connectivity index is 1.68. The summed E-state index contributed by atoms with van der Waals surface area (Å²) in [4.78, 5) is 20.6. The second-order valence-electron chi connectivity index (χ2n) is 4.56. The minimum atomic E-state index is -0.386. The van der Waals surface area contributed by atoms with Crippen LogP contribution in [0.4, 0.5) is 0 Å². The number of carbonyl (C=O) groups is 1. The van der Waals surface area contributed by atoms with E-state index in [2.05, 4.69) is 25.5 Å². The van der Waals surface area contributed by atoms with Gasteiger partial charge in [-0.1, -0.05) is 0 Å². The van der Waals surface area contributed by atoms with Crippen molar-refractivity contribution in [2.75, 3.05) is 0 Å². The lowest BCUT2D eigenvalue weighted by atomic mass is 10.2. The number of fused-ring (bicyclic) bond motifs is 1. The first-order valence-electron chi connectivity index (χ1n) is 6.33. The lowest BCUT2D eigenvalue weighted by Gasteiger charge is -2.05. The summed E-state index contributed by atoms with van der Waals surface area (Å²) in [5.74, 6) is 0.195. The molecule has 2 heterocycles. The molecule has 20 heavy (non-hydrogen) atoms. The van der Waals surface area contributed by atoms with Crippen molar-refractivity contribution < 1.29 is 4.79 Å². The average Bonchev–Trinajstić information content (AvgIpc) is 3.12. The van der Waals surface area contributed by atoms with Crippen LogP contribution in [0.5, 0.6) is 0 Å². The maximum absolute atomic E-state index is 11.9. The van der Waals surface area contributed by atoms with Crippen LogP contribution in [0.3, 0.4) is 0 Å². The van der Waals surface area contributed by atoms with Gasteiger partial charge in [-0.15, -0.1) is 0 Å². The predicted molar refractivity (Wildman–Crippen MR) is 68.5 cm³/mol. The lowest BCUT2D eigenvalue weighted by Crippen LogP contribution is -2.25. The Bertz CT molecular complexity index is 699. The molecule has 1 aliphatic carbocycles. The molecule has 1 amide bonds. The van der Waals surface area contributed by atoms with Crippen molar-refractivity contribution in [3.05, 3.63) is 40.7 Å². The Morgan fingerprint density at radius 3 is 3.20 bits per heavy atom. The Morgan fingerprint density at radius 2 is 2.35 bits per heavy atom. The third-order valence-corrected chi connectivity index (χ3v) is 3.26. The molecule has 2 aromatic heterocycles. The van der Waals surface area contributed by atoms with Crippen LogP contribution in [-0.4, -0.2) is 26.1 Å². The lowest BCUT2D eigenvalue weighted by molar-refractivity contribution is 0.0944. The number of aromatic amines is 1. The molecule has 0 atom stereocenters. The molecule has 0 unspecified atom stereocenters. The second-order valence-corrected chi connectivity index (χ2v) is 4.56. The van der Waals surface area contributed by atoms with E-state index in [1.54, 1.807) is 0 Å². The van der Waals surface area contributed by atoms with Gasteiger partial charge in [0.1, 0.15) is 23.2 Å². The molecule has 0 spiro atoms. The van der Waals surface area contributed by atoms with Gasteiger partial charge in [0.15, 0.2) is 0 Å². The summed E-state index contributed by atoms with van der Waals surface area (Å²) in [6, 6.07) is 1.90. The Kier molecular flexibility index (Phi) is 3.13. The van der Waals surface area contributed by atoms with Crippen LogP contribution in [0.15, 0.2) is 12.4 Å². The zero-order valence-corrected chi connectivity index (χ0v) is 10.7. The summed E-state index contributed by atoms with van der Waals surface area (Å²) in [5.41, 5.74) is 2.65. The van der Waals surface area contributed by atoms with Gasteiger partial charge in [0.25, 0.3) is 5.91 Å². The molecule has 0 fully saturated rings. The first-order chi connectivity index (χ1) is 9.78. The summed E-state index contributed by atoms with van der Waals surface area (Å²) in [6.45, 7) is 0.232. The molecule has 3 rings (SSSR count). The van der Waals surface area contributed by atoms with Crippen molar-refractivity contribution in [2.24, 2.45) is 0 Å². The molecule has 0 radical (unpaired) electrons. The van der Waals surface area contributed by atoms with Crippen LogP contribution >= 0.6 is 0 Å². The number of rotatable bonds is 3. The zero-order chi connectivity index (χ0) is 13.9. The average molecular weight is 268 g/mol. The van der Waals surface area contributed by atoms with E-state index in [9.17, 15) is 4.79 Å². The van der Waals surface area contributed by atoms with Crippen molar-refractivity contribution in [3.63, 3.8) is 0 Å². The van der Waals surface area contributed by atoms with E-state index < -0.39 is 0 Å². The fraction of sp³-hybridized carbons (Fsp3) is 0.308. The van der Waals surface area contributed by atoms with Gasteiger partial charge in [0.2, 0.25) is 0 Å². The molecular formula is C13H12N6O. The molecule has 0 aromatic carbocycles. The van der Waals surface area contributed by atoms with Crippen LogP contribution in [0.2, 0.25) is 0 Å². The molecule has 1 aliphatic rings. The van der Waals surface area contributed by atoms with Gasteiger partial charge in [-0.05, 0) is 24.8 Å². The number of hydrogen-bond donors (Lipinski definition) is 2. The number of H-pyrrole nitrogens is 1. The normalized spacial score (nSPS) is 12.8. The maximum Gasteiger partial charge on any atom is 0.271 e. The van der Waals surface area contributed by atoms with Gasteiger partial charge >= 0.3 is 0 Å². The first kappa shape index (κ1) is 12.3. The van der Waals surface area contributed by atoms with Gasteiger partial charge in [-0.2, -0.15) is 10.4 Å². The smallest absolute Gasteiger partial charge is 0.271 e. The fourth-order valence-electron chi connectivity index (χ4n) is 2.23. The molecule has 7 nitrogen and oxygen atoms in total. The van der Waals surface area contributed by atoms with Gasteiger partial charge in [0.05, 0.1) is 12.7 Å². The molecule has 2 N–H and O–H groups in total. The maximum atomic E-state index is 11.9. The van der Waals surface area contributed by atoms with Crippen LogP contribution in [0, 0.1) is 11.3 Å². The summed E-state index contributed by atoms with van der Waals surface area (Å²) in [6.07, 6.45) is 6.26. The number of amides is 1. The fourth-order valence-corrected chi connectivity index (χ4v) is 2.23. The SMILES string of the molecule is N#Cc1cn[nH]c1C(=O)NCc1ncc2c(n1)CCC2. The van der Waals surface area contributed by atoms with Crippen LogP contribution < -0.4 is 5.32 Å². The first-order valence-corrected chi connectivity index (χ1v) is 6.33. The second kappa shape index (κ2) is 5.09. The van der Waals surface area contributed by atoms with Gasteiger partial charge in [0, 0.05) is 11.9 Å². The summed E-state index contributed by atoms with van der Waals surface area (Å²) in [7, 11) is 0. The molecule has 100 valence electrons. The van der Waals surface area contributed by atoms with E-state index >= 15 is 0 Å². The highest BCUT2D eigenvalue weighted by Crippen LogP contribution is 2.18. The van der Waals surface area contributed by atoms with Crippen molar-refractivity contribution in [2.45, 2.75) is 25.8 Å². The number of hydrogen-bond acceptors (Lipinski definition) is 5. The van der Waals surface area contributed by atoms with Gasteiger partial charge in [-0.25, -0.2) is 9.97 Å². The number of aromatic nitrogens is 4. The topological polar surface area (TPSA) is 107 Å². The minimum absolute atomic E-state index is 0.161. The summed E-state index contributed by atoms with van der Waals surface area (Å²) < 4.78 is 0. The Morgan fingerprint density at radius 1 is 1.45 bits per heavy atom. The third-order valence-electron chi connectivity index (χ3n) is 3.26. The van der Waals surface area contributed by atoms with E-state index in [0.29, 0.717) is 5.82 Å². The summed E-state index contributed by atoms with van der Waals surface area (Å²) >= 11 is 0. The molecule has 0 saturated carbocycles. The van der Waals surface area contributed by atoms with Crippen LogP contribution in [0.25, 0.3) is 0 Å². The number of nitriles is 1. The highest BCUT2D eigenvalue weighted by molar-refractivity contribution is 5.94. The summed E-state index contributed by atoms with van der Waals surface area (Å²) in [5, 5.41) is 17.7. The van der Waals surface area contributed by atoms with Crippen molar-refractivity contribution in [1.29, 1.82) is 5.26 Å². The van der Waals surface area contributed by atoms with E-state index in [0.717, 1.165) is 25.0 Å². The van der Waals surface area contributed by atoms with Crippen molar-refractivity contribution >= 4 is 5.91 Å². The minimum Gasteiger partial charge on any atom is -0.343 e. The van der Waals surface area contributed by atoms with E-state index in [1.165, 1.54) is 11.8 Å². The Hall–Kier alpha value is -2.75. The number of aryl methyl sites for hydroxylation is 2. The molecule has 0 aliphatic heterocycles. The highest BCUT2D eigenvalue weighted by Gasteiger charge is 2.16. The van der Waals surface area contributed by atoms with Gasteiger partial charge < -0.3 is 5.32 Å². The van der Waals surface area contributed by atoms with E-state index in [1.807, 2.05) is 12.3 Å². The number of nitrogens with one attached hydrogen (secondary N) is 2. The van der Waals surface area contributed by atoms with Crippen LogP contribution in [0.1, 0.15) is 39.6 Å². The molecule has 2 aromatic rings. The van der Waals surface area contributed by atoms with E-state index in [-0.39, 0.29) is 23.7 Å². The molecular weight excluding hydrogens is 256 g/mol. The third kappa shape index (κ3) is 2.23. The largest absolute Gasteiger partial charge is 0.343 e. The molecule has 0 saturated heterocycles. The highest BCUT2D eigenvalue weighted by atomic mass is 16.1. The molecule has 7 heteroatoms. The van der Waals surface area contributed by atoms with E-state index in [4.69, 9.17) is 5.26 Å². The predicted octanol–water partition coefficient (Wildman–Crippen LogP) is 0.490. The number of nitrogens with zero attached hydrogens (tertiary/aromatic N) is 4. The zero-order valence-electron chi connectivity index (χ0n) is 10.7. The standard InChI is InChI=1S/C13H12N6O/c14-4-9-6-17-19-12(9)13(20)16-7-11-15-5-8-2-1-3-10(8)18-11/h5-6H,1-3,7H2,(H,16,20)(H,17,19). The van der Waals surface area contributed by atoms with Crippen LogP contribution in [-0.2, 0) is 19.4 Å². The molecule has 0 bridgehead atoms. The van der Waals surface area contributed by atoms with Crippen molar-refractivity contribution in [3.8, 4) is 6.07 Å². The van der Waals surface area contributed by atoms with Crippen molar-refractivity contribution in [1.82, 2.24) is 25.5 Å². The Labute approximate surface area is 115 Å². The number of carbonyl (C=O) groups excluding carboxylic acids is 1. The monoisotopic (exact) mass is 268 g/mol. The van der Waals surface area contributed by atoms with Gasteiger partial charge in [-0.3, -0.25) is 9.89 Å².